The predicted octanol–water partition coefficient (Wildman–Crippen LogP) is 2.59. The van der Waals surface area contributed by atoms with Crippen molar-refractivity contribution in [2.75, 3.05) is 32.1 Å². The van der Waals surface area contributed by atoms with E-state index in [0.29, 0.717) is 34.5 Å². The Bertz CT molecular complexity index is 1270. The number of carbonyl (C=O) groups excluding carboxylic acids is 3. The molecule has 8 nitrogen and oxygen atoms in total. The van der Waals surface area contributed by atoms with Gasteiger partial charge < -0.3 is 19.7 Å². The summed E-state index contributed by atoms with van der Waals surface area (Å²) in [6, 6.07) is 12.2. The number of benzene rings is 2. The zero-order chi connectivity index (χ0) is 22.2. The molecular weight excluding hydrogens is 410 g/mol. The number of esters is 1. The number of amides is 1. The molecule has 0 saturated carbocycles. The van der Waals surface area contributed by atoms with E-state index < -0.39 is 12.6 Å². The van der Waals surface area contributed by atoms with Crippen LogP contribution < -0.4 is 10.1 Å². The fourth-order valence-electron chi connectivity index (χ4n) is 4.10. The molecule has 3 heterocycles. The second-order valence-corrected chi connectivity index (χ2v) is 7.96. The van der Waals surface area contributed by atoms with E-state index in [-0.39, 0.29) is 18.3 Å². The molecule has 0 aliphatic carbocycles. The molecule has 32 heavy (non-hydrogen) atoms. The minimum Gasteiger partial charge on any atom is -0.482 e. The van der Waals surface area contributed by atoms with Gasteiger partial charge in [0, 0.05) is 41.7 Å². The lowest BCUT2D eigenvalue weighted by atomic mass is 9.96. The number of hydrogen-bond donors (Lipinski definition) is 1. The molecule has 0 fully saturated rings. The number of fused-ring (bicyclic) bond motifs is 3. The lowest BCUT2D eigenvalue weighted by Crippen LogP contribution is -2.30. The molecule has 0 spiro atoms. The summed E-state index contributed by atoms with van der Waals surface area (Å²) in [5, 5.41) is 3.38. The Kier molecular flexibility index (Phi) is 5.07. The van der Waals surface area contributed by atoms with Gasteiger partial charge in [-0.25, -0.2) is 4.79 Å². The SMILES string of the molecule is CN1CCc2nc3ccccc3c(C(=O)OCC(=O)c3ccc4c(c3)NC(=O)CO4)c2C1. The van der Waals surface area contributed by atoms with Gasteiger partial charge in [-0.15, -0.1) is 0 Å². The van der Waals surface area contributed by atoms with Gasteiger partial charge >= 0.3 is 5.97 Å². The number of carbonyl (C=O) groups is 3. The van der Waals surface area contributed by atoms with Crippen LogP contribution in [-0.2, 0) is 22.5 Å². The highest BCUT2D eigenvalue weighted by molar-refractivity contribution is 6.07. The topological polar surface area (TPSA) is 97.8 Å². The predicted molar refractivity (Wildman–Crippen MR) is 117 cm³/mol. The van der Waals surface area contributed by atoms with E-state index in [4.69, 9.17) is 14.5 Å². The number of nitrogens with zero attached hydrogens (tertiary/aromatic N) is 2. The maximum absolute atomic E-state index is 13.2. The third kappa shape index (κ3) is 3.69. The molecule has 0 saturated heterocycles. The zero-order valence-electron chi connectivity index (χ0n) is 17.5. The molecular formula is C24H21N3O5. The molecule has 1 amide bonds. The van der Waals surface area contributed by atoms with Crippen molar-refractivity contribution < 1.29 is 23.9 Å². The average Bonchev–Trinajstić information content (AvgIpc) is 2.80. The van der Waals surface area contributed by atoms with Gasteiger partial charge in [-0.05, 0) is 31.3 Å². The van der Waals surface area contributed by atoms with Crippen LogP contribution in [0.4, 0.5) is 5.69 Å². The zero-order valence-corrected chi connectivity index (χ0v) is 17.5. The molecule has 0 bridgehead atoms. The number of Topliss-reactive ketones (excluding diaryl/α,β-unsaturated/α-hetero) is 1. The van der Waals surface area contributed by atoms with Gasteiger partial charge in [0.1, 0.15) is 5.75 Å². The van der Waals surface area contributed by atoms with Crippen LogP contribution in [0.3, 0.4) is 0 Å². The van der Waals surface area contributed by atoms with Crippen LogP contribution in [-0.4, -0.2) is 54.3 Å². The van der Waals surface area contributed by atoms with E-state index in [0.717, 1.165) is 29.7 Å². The third-order valence-electron chi connectivity index (χ3n) is 5.71. The number of likely N-dealkylation sites (N-methyl/N-ethyl adjacent to an activating group) is 1. The van der Waals surface area contributed by atoms with Crippen molar-refractivity contribution in [2.45, 2.75) is 13.0 Å². The fraction of sp³-hybridized carbons (Fsp3) is 0.250. The molecule has 8 heteroatoms. The standard InChI is InChI=1S/C24H21N3O5/c1-27-9-8-18-16(11-27)23(15-4-2-3-5-17(15)25-18)24(30)32-12-20(28)14-6-7-21-19(10-14)26-22(29)13-31-21/h2-7,10H,8-9,11-13H2,1H3,(H,26,29). The molecule has 5 rings (SSSR count). The Labute approximate surface area is 184 Å². The largest absolute Gasteiger partial charge is 0.482 e. The number of hydrogen-bond acceptors (Lipinski definition) is 7. The molecule has 1 N–H and O–H groups in total. The van der Waals surface area contributed by atoms with Crippen molar-refractivity contribution in [3.63, 3.8) is 0 Å². The van der Waals surface area contributed by atoms with Crippen molar-refractivity contribution in [1.29, 1.82) is 0 Å². The maximum Gasteiger partial charge on any atom is 0.339 e. The number of para-hydroxylation sites is 1. The second-order valence-electron chi connectivity index (χ2n) is 7.96. The van der Waals surface area contributed by atoms with E-state index in [9.17, 15) is 14.4 Å². The van der Waals surface area contributed by atoms with E-state index >= 15 is 0 Å². The first kappa shape index (κ1) is 20.1. The van der Waals surface area contributed by atoms with Crippen LogP contribution in [0.1, 0.15) is 32.0 Å². The molecule has 0 atom stereocenters. The summed E-state index contributed by atoms with van der Waals surface area (Å²) in [5.41, 5.74) is 3.70. The van der Waals surface area contributed by atoms with Crippen molar-refractivity contribution in [2.24, 2.45) is 0 Å². The van der Waals surface area contributed by atoms with Crippen molar-refractivity contribution in [1.82, 2.24) is 9.88 Å². The Morgan fingerprint density at radius 2 is 2.06 bits per heavy atom. The molecule has 0 radical (unpaired) electrons. The minimum atomic E-state index is -0.543. The van der Waals surface area contributed by atoms with Gasteiger partial charge in [0.2, 0.25) is 0 Å². The van der Waals surface area contributed by atoms with Crippen LogP contribution in [0.25, 0.3) is 10.9 Å². The fourth-order valence-corrected chi connectivity index (χ4v) is 4.10. The lowest BCUT2D eigenvalue weighted by Gasteiger charge is -2.26. The smallest absolute Gasteiger partial charge is 0.339 e. The van der Waals surface area contributed by atoms with E-state index in [1.165, 1.54) is 6.07 Å². The summed E-state index contributed by atoms with van der Waals surface area (Å²) in [4.78, 5) is 44.2. The van der Waals surface area contributed by atoms with Crippen molar-refractivity contribution in [3.05, 3.63) is 64.8 Å². The van der Waals surface area contributed by atoms with Crippen LogP contribution in [0.5, 0.6) is 5.75 Å². The maximum atomic E-state index is 13.2. The van der Waals surface area contributed by atoms with Gasteiger partial charge in [0.05, 0.1) is 16.8 Å². The average molecular weight is 431 g/mol. The molecule has 3 aromatic rings. The number of aromatic nitrogens is 1. The summed E-state index contributed by atoms with van der Waals surface area (Å²) in [6.07, 6.45) is 0.749. The highest BCUT2D eigenvalue weighted by Crippen LogP contribution is 2.30. The first-order chi connectivity index (χ1) is 15.5. The second kappa shape index (κ2) is 8.05. The Hall–Kier alpha value is -3.78. The summed E-state index contributed by atoms with van der Waals surface area (Å²) in [7, 11) is 2.00. The quantitative estimate of drug-likeness (QED) is 0.501. The summed E-state index contributed by atoms with van der Waals surface area (Å²) in [5.74, 6) is -0.701. The first-order valence-corrected chi connectivity index (χ1v) is 10.4. The lowest BCUT2D eigenvalue weighted by molar-refractivity contribution is -0.118. The van der Waals surface area contributed by atoms with Gasteiger partial charge in [-0.3, -0.25) is 14.6 Å². The third-order valence-corrected chi connectivity index (χ3v) is 5.71. The number of ketones is 1. The van der Waals surface area contributed by atoms with Crippen LogP contribution >= 0.6 is 0 Å². The number of rotatable bonds is 4. The Morgan fingerprint density at radius 1 is 1.22 bits per heavy atom. The van der Waals surface area contributed by atoms with Gasteiger partial charge in [-0.1, -0.05) is 18.2 Å². The number of anilines is 1. The van der Waals surface area contributed by atoms with Crippen molar-refractivity contribution in [3.8, 4) is 5.75 Å². The minimum absolute atomic E-state index is 0.0582. The highest BCUT2D eigenvalue weighted by Gasteiger charge is 2.26. The van der Waals surface area contributed by atoms with Gasteiger partial charge in [0.25, 0.3) is 5.91 Å². The Morgan fingerprint density at radius 3 is 2.94 bits per heavy atom. The molecule has 2 aliphatic heterocycles. The van der Waals surface area contributed by atoms with Crippen LogP contribution in [0.15, 0.2) is 42.5 Å². The number of pyridine rings is 1. The monoisotopic (exact) mass is 431 g/mol. The summed E-state index contributed by atoms with van der Waals surface area (Å²) in [6.45, 7) is 0.991. The molecule has 2 aliphatic rings. The van der Waals surface area contributed by atoms with Gasteiger partial charge in [0.15, 0.2) is 19.0 Å². The number of nitrogens with one attached hydrogen (secondary N) is 1. The van der Waals surface area contributed by atoms with Crippen LogP contribution in [0.2, 0.25) is 0 Å². The van der Waals surface area contributed by atoms with Gasteiger partial charge in [-0.2, -0.15) is 0 Å². The summed E-state index contributed by atoms with van der Waals surface area (Å²) >= 11 is 0. The molecule has 0 unspecified atom stereocenters. The normalized spacial score (nSPS) is 15.3. The highest BCUT2D eigenvalue weighted by atomic mass is 16.5. The van der Waals surface area contributed by atoms with Crippen LogP contribution in [0, 0.1) is 0 Å². The summed E-state index contributed by atoms with van der Waals surface area (Å²) < 4.78 is 10.8. The molecule has 2 aromatic carbocycles. The first-order valence-electron chi connectivity index (χ1n) is 10.4. The molecule has 162 valence electrons. The van der Waals surface area contributed by atoms with Crippen molar-refractivity contribution >= 4 is 34.3 Å². The molecule has 1 aromatic heterocycles. The number of ether oxygens (including phenoxy) is 2. The Balaban J connectivity index is 1.40. The van der Waals surface area contributed by atoms with E-state index in [1.54, 1.807) is 12.1 Å². The van der Waals surface area contributed by atoms with E-state index in [1.807, 2.05) is 31.3 Å². The van der Waals surface area contributed by atoms with E-state index in [2.05, 4.69) is 10.2 Å².